The predicted octanol–water partition coefficient (Wildman–Crippen LogP) is 0.343. The second-order valence-corrected chi connectivity index (χ2v) is 2.57. The summed E-state index contributed by atoms with van der Waals surface area (Å²) in [6.07, 6.45) is 5.83. The molecule has 0 radical (unpaired) electrons. The number of hydrogen-bond donors (Lipinski definition) is 1. The third kappa shape index (κ3) is 0.744. The highest BCUT2D eigenvalue weighted by Crippen LogP contribution is 2.12. The van der Waals surface area contributed by atoms with Gasteiger partial charge in [-0.3, -0.25) is 4.99 Å². The van der Waals surface area contributed by atoms with E-state index in [0.29, 0.717) is 6.04 Å². The maximum atomic E-state index is 4.22. The van der Waals surface area contributed by atoms with E-state index in [0.717, 1.165) is 0 Å². The van der Waals surface area contributed by atoms with Crippen molar-refractivity contribution in [1.82, 2.24) is 5.32 Å². The third-order valence-electron chi connectivity index (χ3n) is 1.69. The molecule has 0 saturated carbocycles. The highest BCUT2D eigenvalue weighted by molar-refractivity contribution is 5.80. The van der Waals surface area contributed by atoms with E-state index in [9.17, 15) is 0 Å². The topological polar surface area (TPSA) is 36.8 Å². The quantitative estimate of drug-likeness (QED) is 0.511. The van der Waals surface area contributed by atoms with Gasteiger partial charge in [0.2, 0.25) is 0 Å². The molecule has 2 aliphatic rings. The van der Waals surface area contributed by atoms with Crippen molar-refractivity contribution >= 4 is 12.6 Å². The molecule has 0 amide bonds. The first-order valence-corrected chi connectivity index (χ1v) is 3.35. The Kier molecular flexibility index (Phi) is 1.09. The summed E-state index contributed by atoms with van der Waals surface area (Å²) in [5, 5.41) is 3.11. The molecule has 52 valence electrons. The largest absolute Gasteiger partial charge is 0.366 e. The molecule has 0 aromatic carbocycles. The highest BCUT2D eigenvalue weighted by Gasteiger charge is 2.22. The Hall–Kier alpha value is -1.12. The zero-order valence-corrected chi connectivity index (χ0v) is 5.78. The predicted molar refractivity (Wildman–Crippen MR) is 41.5 cm³/mol. The van der Waals surface area contributed by atoms with Crippen LogP contribution < -0.4 is 5.32 Å². The van der Waals surface area contributed by atoms with Gasteiger partial charge < -0.3 is 5.32 Å². The van der Waals surface area contributed by atoms with Crippen molar-refractivity contribution in [3.8, 4) is 0 Å². The molecule has 2 aliphatic heterocycles. The third-order valence-corrected chi connectivity index (χ3v) is 1.69. The van der Waals surface area contributed by atoms with Gasteiger partial charge in [-0.25, -0.2) is 4.99 Å². The van der Waals surface area contributed by atoms with Crippen LogP contribution in [0.25, 0.3) is 0 Å². The SMILES string of the molecule is CC1=CC2NC=NC2N=C1. The Morgan fingerprint density at radius 3 is 3.30 bits per heavy atom. The van der Waals surface area contributed by atoms with E-state index in [2.05, 4.69) is 21.4 Å². The maximum Gasteiger partial charge on any atom is 0.164 e. The normalized spacial score (nSPS) is 35.1. The lowest BCUT2D eigenvalue weighted by Gasteiger charge is -2.14. The minimum atomic E-state index is 0.101. The minimum Gasteiger partial charge on any atom is -0.366 e. The van der Waals surface area contributed by atoms with Crippen molar-refractivity contribution in [2.75, 3.05) is 0 Å². The lowest BCUT2D eigenvalue weighted by Crippen LogP contribution is -2.30. The van der Waals surface area contributed by atoms with Crippen LogP contribution in [-0.2, 0) is 0 Å². The smallest absolute Gasteiger partial charge is 0.164 e. The van der Waals surface area contributed by atoms with Crippen LogP contribution in [-0.4, -0.2) is 24.8 Å². The molecule has 3 heteroatoms. The Morgan fingerprint density at radius 2 is 2.40 bits per heavy atom. The van der Waals surface area contributed by atoms with Gasteiger partial charge >= 0.3 is 0 Å². The number of aliphatic imine (C=N–C) groups is 2. The summed E-state index contributed by atoms with van der Waals surface area (Å²) in [7, 11) is 0. The van der Waals surface area contributed by atoms with E-state index in [-0.39, 0.29) is 6.17 Å². The zero-order chi connectivity index (χ0) is 6.97. The Labute approximate surface area is 59.6 Å². The van der Waals surface area contributed by atoms with E-state index in [4.69, 9.17) is 0 Å². The molecule has 3 nitrogen and oxygen atoms in total. The van der Waals surface area contributed by atoms with Crippen LogP contribution in [0.5, 0.6) is 0 Å². The van der Waals surface area contributed by atoms with Crippen LogP contribution in [0.3, 0.4) is 0 Å². The molecule has 1 N–H and O–H groups in total. The number of allylic oxidation sites excluding steroid dienone is 1. The van der Waals surface area contributed by atoms with Crippen LogP contribution in [0.4, 0.5) is 0 Å². The van der Waals surface area contributed by atoms with Crippen LogP contribution in [0.1, 0.15) is 6.92 Å². The Balaban J connectivity index is 2.25. The molecule has 2 atom stereocenters. The maximum absolute atomic E-state index is 4.22. The van der Waals surface area contributed by atoms with Gasteiger partial charge in [0.1, 0.15) is 0 Å². The average Bonchev–Trinajstić information content (AvgIpc) is 2.33. The fraction of sp³-hybridized carbons (Fsp3) is 0.429. The molecule has 0 aromatic rings. The molecule has 0 saturated heterocycles. The lowest BCUT2D eigenvalue weighted by molar-refractivity contribution is 0.624. The first-order valence-electron chi connectivity index (χ1n) is 3.35. The van der Waals surface area contributed by atoms with Crippen LogP contribution in [0.2, 0.25) is 0 Å². The van der Waals surface area contributed by atoms with E-state index in [1.807, 2.05) is 13.1 Å². The van der Waals surface area contributed by atoms with Crippen molar-refractivity contribution in [1.29, 1.82) is 0 Å². The highest BCUT2D eigenvalue weighted by atomic mass is 15.2. The van der Waals surface area contributed by atoms with Gasteiger partial charge in [0.25, 0.3) is 0 Å². The van der Waals surface area contributed by atoms with Gasteiger partial charge in [-0.15, -0.1) is 0 Å². The summed E-state index contributed by atoms with van der Waals surface area (Å²) in [6.45, 7) is 2.04. The number of rotatable bonds is 0. The van der Waals surface area contributed by atoms with E-state index in [1.165, 1.54) is 5.57 Å². The monoisotopic (exact) mass is 135 g/mol. The number of hydrogen-bond acceptors (Lipinski definition) is 3. The second kappa shape index (κ2) is 1.94. The standard InChI is InChI=1S/C7H9N3/c1-5-2-6-7(8-3-5)10-4-9-6/h2-4,6-7H,1H3,(H,9,10). The molecule has 2 unspecified atom stereocenters. The average molecular weight is 135 g/mol. The minimum absolute atomic E-state index is 0.101. The number of fused-ring (bicyclic) bond motifs is 1. The van der Waals surface area contributed by atoms with E-state index < -0.39 is 0 Å². The molecular weight excluding hydrogens is 126 g/mol. The van der Waals surface area contributed by atoms with Crippen molar-refractivity contribution < 1.29 is 0 Å². The van der Waals surface area contributed by atoms with Gasteiger partial charge in [-0.05, 0) is 12.5 Å². The molecule has 10 heavy (non-hydrogen) atoms. The van der Waals surface area contributed by atoms with Crippen molar-refractivity contribution in [2.45, 2.75) is 19.1 Å². The summed E-state index contributed by atoms with van der Waals surface area (Å²) in [5.41, 5.74) is 1.21. The van der Waals surface area contributed by atoms with Gasteiger partial charge in [0, 0.05) is 6.21 Å². The molecule has 2 heterocycles. The van der Waals surface area contributed by atoms with Crippen molar-refractivity contribution in [2.24, 2.45) is 9.98 Å². The fourth-order valence-corrected chi connectivity index (χ4v) is 1.17. The number of dihydropyridines is 1. The number of nitrogens with zero attached hydrogens (tertiary/aromatic N) is 2. The summed E-state index contributed by atoms with van der Waals surface area (Å²) in [6, 6.07) is 0.310. The summed E-state index contributed by atoms with van der Waals surface area (Å²) in [5.74, 6) is 0. The Morgan fingerprint density at radius 1 is 1.50 bits per heavy atom. The number of nitrogens with one attached hydrogen (secondary N) is 1. The first-order chi connectivity index (χ1) is 4.86. The summed E-state index contributed by atoms with van der Waals surface area (Å²) >= 11 is 0. The van der Waals surface area contributed by atoms with E-state index in [1.54, 1.807) is 6.34 Å². The van der Waals surface area contributed by atoms with Crippen LogP contribution in [0.15, 0.2) is 21.6 Å². The molecule has 0 aliphatic carbocycles. The molecular formula is C7H9N3. The summed E-state index contributed by atoms with van der Waals surface area (Å²) < 4.78 is 0. The summed E-state index contributed by atoms with van der Waals surface area (Å²) in [4.78, 5) is 8.33. The van der Waals surface area contributed by atoms with Gasteiger partial charge in [-0.1, -0.05) is 6.08 Å². The van der Waals surface area contributed by atoms with E-state index >= 15 is 0 Å². The fourth-order valence-electron chi connectivity index (χ4n) is 1.17. The van der Waals surface area contributed by atoms with Gasteiger partial charge in [-0.2, -0.15) is 0 Å². The van der Waals surface area contributed by atoms with Crippen LogP contribution in [0, 0.1) is 0 Å². The second-order valence-electron chi connectivity index (χ2n) is 2.57. The Bertz CT molecular complexity index is 227. The van der Waals surface area contributed by atoms with Crippen molar-refractivity contribution in [3.05, 3.63) is 11.6 Å². The molecule has 0 bridgehead atoms. The van der Waals surface area contributed by atoms with Crippen LogP contribution >= 0.6 is 0 Å². The van der Waals surface area contributed by atoms with Gasteiger partial charge in [0.15, 0.2) is 6.17 Å². The molecule has 2 rings (SSSR count). The van der Waals surface area contributed by atoms with Crippen molar-refractivity contribution in [3.63, 3.8) is 0 Å². The lowest BCUT2D eigenvalue weighted by atomic mass is 10.1. The van der Waals surface area contributed by atoms with Gasteiger partial charge in [0.05, 0.1) is 12.4 Å². The molecule has 0 aromatic heterocycles. The molecule has 0 fully saturated rings. The zero-order valence-electron chi connectivity index (χ0n) is 5.78. The molecule has 0 spiro atoms. The first kappa shape index (κ1) is 5.65.